The molecule has 1 saturated heterocycles. The van der Waals surface area contributed by atoms with Crippen LogP contribution >= 0.6 is 0 Å². The summed E-state index contributed by atoms with van der Waals surface area (Å²) in [6, 6.07) is 7.05. The number of hydrogen-bond acceptors (Lipinski definition) is 4. The fourth-order valence-electron chi connectivity index (χ4n) is 2.73. The summed E-state index contributed by atoms with van der Waals surface area (Å²) in [7, 11) is 0. The summed E-state index contributed by atoms with van der Waals surface area (Å²) in [5.74, 6) is 0.452. The molecule has 5 nitrogen and oxygen atoms in total. The van der Waals surface area contributed by atoms with E-state index < -0.39 is 12.0 Å². The van der Waals surface area contributed by atoms with Gasteiger partial charge in [-0.05, 0) is 30.5 Å². The molecule has 2 N–H and O–H groups in total. The van der Waals surface area contributed by atoms with Crippen molar-refractivity contribution in [3.05, 3.63) is 29.8 Å². The van der Waals surface area contributed by atoms with E-state index >= 15 is 0 Å². The molecule has 22 heavy (non-hydrogen) atoms. The molecule has 2 unspecified atom stereocenters. The zero-order valence-electron chi connectivity index (χ0n) is 13.6. The molecule has 0 spiro atoms. The van der Waals surface area contributed by atoms with Gasteiger partial charge >= 0.3 is 5.97 Å². The third kappa shape index (κ3) is 4.21. The van der Waals surface area contributed by atoms with Gasteiger partial charge in [-0.25, -0.2) is 0 Å². The van der Waals surface area contributed by atoms with Crippen molar-refractivity contribution in [3.8, 4) is 5.75 Å². The van der Waals surface area contributed by atoms with Crippen molar-refractivity contribution in [2.75, 3.05) is 26.2 Å². The van der Waals surface area contributed by atoms with Gasteiger partial charge in [0.05, 0.1) is 6.61 Å². The summed E-state index contributed by atoms with van der Waals surface area (Å²) >= 11 is 0. The lowest BCUT2D eigenvalue weighted by Gasteiger charge is -2.38. The van der Waals surface area contributed by atoms with Crippen molar-refractivity contribution in [1.29, 1.82) is 0 Å². The topological polar surface area (TPSA) is 61.8 Å². The van der Waals surface area contributed by atoms with E-state index in [9.17, 15) is 9.90 Å². The van der Waals surface area contributed by atoms with E-state index in [4.69, 9.17) is 4.74 Å². The summed E-state index contributed by atoms with van der Waals surface area (Å²) < 4.78 is 5.66. The Balaban J connectivity index is 2.13. The molecule has 0 bridgehead atoms. The molecule has 0 aromatic heterocycles. The highest BCUT2D eigenvalue weighted by atomic mass is 16.5. The summed E-state index contributed by atoms with van der Waals surface area (Å²) in [5.41, 5.74) is 0.804. The number of benzene rings is 1. The van der Waals surface area contributed by atoms with Gasteiger partial charge in [0.2, 0.25) is 0 Å². The lowest BCUT2D eigenvalue weighted by molar-refractivity contribution is -0.145. The van der Waals surface area contributed by atoms with Crippen molar-refractivity contribution in [2.45, 2.75) is 32.9 Å². The van der Waals surface area contributed by atoms with E-state index in [2.05, 4.69) is 26.1 Å². The molecule has 122 valence electrons. The first-order valence-electron chi connectivity index (χ1n) is 7.91. The quantitative estimate of drug-likeness (QED) is 0.843. The predicted molar refractivity (Wildman–Crippen MR) is 86.2 cm³/mol. The van der Waals surface area contributed by atoms with Gasteiger partial charge in [0.15, 0.2) is 0 Å². The van der Waals surface area contributed by atoms with Gasteiger partial charge in [0.1, 0.15) is 11.8 Å². The van der Waals surface area contributed by atoms with E-state index in [1.54, 1.807) is 0 Å². The maximum absolute atomic E-state index is 11.8. The summed E-state index contributed by atoms with van der Waals surface area (Å²) in [5, 5.41) is 12.9. The van der Waals surface area contributed by atoms with Crippen molar-refractivity contribution in [1.82, 2.24) is 10.2 Å². The zero-order chi connectivity index (χ0) is 16.1. The highest BCUT2D eigenvalue weighted by Crippen LogP contribution is 2.26. The lowest BCUT2D eigenvalue weighted by atomic mass is 10.0. The van der Waals surface area contributed by atoms with Crippen LogP contribution in [0, 0.1) is 5.92 Å². The number of carboxylic acids is 1. The second-order valence-electron chi connectivity index (χ2n) is 6.31. The second-order valence-corrected chi connectivity index (χ2v) is 6.31. The van der Waals surface area contributed by atoms with Crippen LogP contribution in [0.25, 0.3) is 0 Å². The fourth-order valence-corrected chi connectivity index (χ4v) is 2.73. The molecule has 0 radical (unpaired) electrons. The highest BCUT2D eigenvalue weighted by molar-refractivity contribution is 5.75. The summed E-state index contributed by atoms with van der Waals surface area (Å²) in [4.78, 5) is 13.8. The van der Waals surface area contributed by atoms with Crippen LogP contribution in [0.1, 0.15) is 32.4 Å². The van der Waals surface area contributed by atoms with Gasteiger partial charge in [-0.1, -0.05) is 26.0 Å². The zero-order valence-corrected chi connectivity index (χ0v) is 13.6. The Morgan fingerprint density at radius 2 is 2.09 bits per heavy atom. The minimum absolute atomic E-state index is 0.201. The van der Waals surface area contributed by atoms with Gasteiger partial charge < -0.3 is 15.2 Å². The molecule has 5 heteroatoms. The van der Waals surface area contributed by atoms with Crippen LogP contribution in [-0.4, -0.2) is 48.3 Å². The smallest absolute Gasteiger partial charge is 0.325 e. The highest BCUT2D eigenvalue weighted by Gasteiger charge is 2.32. The third-order valence-electron chi connectivity index (χ3n) is 3.90. The number of carbonyl (C=O) groups is 1. The lowest BCUT2D eigenvalue weighted by Crippen LogP contribution is -2.52. The molecular formula is C17H26N2O3. The normalized spacial score (nSPS) is 20.8. The van der Waals surface area contributed by atoms with Crippen LogP contribution in [-0.2, 0) is 4.79 Å². The first-order chi connectivity index (χ1) is 10.5. The van der Waals surface area contributed by atoms with Crippen molar-refractivity contribution in [2.24, 2.45) is 5.92 Å². The van der Waals surface area contributed by atoms with E-state index in [1.165, 1.54) is 0 Å². The Morgan fingerprint density at radius 1 is 1.41 bits per heavy atom. The maximum atomic E-state index is 11.8. The summed E-state index contributed by atoms with van der Waals surface area (Å²) in [6.45, 7) is 9.30. The largest absolute Gasteiger partial charge is 0.493 e. The van der Waals surface area contributed by atoms with Crippen molar-refractivity contribution < 1.29 is 14.6 Å². The van der Waals surface area contributed by atoms with Crippen LogP contribution in [0.5, 0.6) is 5.75 Å². The van der Waals surface area contributed by atoms with Crippen LogP contribution in [0.15, 0.2) is 24.3 Å². The van der Waals surface area contributed by atoms with Gasteiger partial charge in [0, 0.05) is 25.7 Å². The number of ether oxygens (including phenoxy) is 1. The first-order valence-corrected chi connectivity index (χ1v) is 7.91. The third-order valence-corrected chi connectivity index (χ3v) is 3.90. The Labute approximate surface area is 132 Å². The Hall–Kier alpha value is -1.59. The number of aliphatic carboxylic acids is 1. The number of rotatable bonds is 6. The molecule has 1 aromatic carbocycles. The standard InChI is InChI=1S/C17H26N2O3/c1-12(2)11-22-15-6-4-14(5-7-15)16(17(20)21)19-9-8-18-10-13(19)3/h4-7,12-13,16,18H,8-11H2,1-3H3,(H,20,21). The number of piperazine rings is 1. The van der Waals surface area contributed by atoms with Crippen LogP contribution in [0.2, 0.25) is 0 Å². The van der Waals surface area contributed by atoms with Gasteiger partial charge in [-0.2, -0.15) is 0 Å². The molecule has 2 rings (SSSR count). The molecule has 1 heterocycles. The minimum Gasteiger partial charge on any atom is -0.493 e. The molecule has 2 atom stereocenters. The number of nitrogens with one attached hydrogen (secondary N) is 1. The monoisotopic (exact) mass is 306 g/mol. The molecule has 1 aromatic rings. The Bertz CT molecular complexity index is 487. The minimum atomic E-state index is -0.801. The van der Waals surface area contributed by atoms with Crippen LogP contribution < -0.4 is 10.1 Å². The molecule has 0 amide bonds. The van der Waals surface area contributed by atoms with E-state index in [0.717, 1.165) is 30.9 Å². The average Bonchev–Trinajstić information content (AvgIpc) is 2.48. The number of nitrogens with zero attached hydrogens (tertiary/aromatic N) is 1. The summed E-state index contributed by atoms with van der Waals surface area (Å²) in [6.07, 6.45) is 0. The van der Waals surface area contributed by atoms with E-state index in [-0.39, 0.29) is 6.04 Å². The predicted octanol–water partition coefficient (Wildman–Crippen LogP) is 2.14. The molecule has 0 saturated carbocycles. The van der Waals surface area contributed by atoms with E-state index in [0.29, 0.717) is 12.5 Å². The second kappa shape index (κ2) is 7.61. The number of hydrogen-bond donors (Lipinski definition) is 2. The fraction of sp³-hybridized carbons (Fsp3) is 0.588. The van der Waals surface area contributed by atoms with Crippen molar-refractivity contribution >= 4 is 5.97 Å². The number of carboxylic acid groups (broad SMARTS) is 1. The van der Waals surface area contributed by atoms with Crippen LogP contribution in [0.4, 0.5) is 0 Å². The van der Waals surface area contributed by atoms with Crippen molar-refractivity contribution in [3.63, 3.8) is 0 Å². The molecule has 1 aliphatic heterocycles. The maximum Gasteiger partial charge on any atom is 0.325 e. The Morgan fingerprint density at radius 3 is 2.64 bits per heavy atom. The first kappa shape index (κ1) is 16.8. The SMILES string of the molecule is CC(C)COc1ccc(C(C(=O)O)N2CCNCC2C)cc1. The Kier molecular flexibility index (Phi) is 5.80. The molecular weight excluding hydrogens is 280 g/mol. The molecule has 1 aliphatic rings. The average molecular weight is 306 g/mol. The van der Waals surface area contributed by atoms with Crippen LogP contribution in [0.3, 0.4) is 0 Å². The van der Waals surface area contributed by atoms with E-state index in [1.807, 2.05) is 29.2 Å². The van der Waals surface area contributed by atoms with Gasteiger partial charge in [-0.15, -0.1) is 0 Å². The molecule has 1 fully saturated rings. The van der Waals surface area contributed by atoms with Gasteiger partial charge in [0.25, 0.3) is 0 Å². The molecule has 0 aliphatic carbocycles. The van der Waals surface area contributed by atoms with Gasteiger partial charge in [-0.3, -0.25) is 9.69 Å².